The smallest absolute Gasteiger partial charge is 0.331 e. The molecule has 1 aliphatic heterocycles. The van der Waals surface area contributed by atoms with Crippen molar-refractivity contribution in [1.82, 2.24) is 9.55 Å². The van der Waals surface area contributed by atoms with Gasteiger partial charge in [0.05, 0.1) is 12.7 Å². The summed E-state index contributed by atoms with van der Waals surface area (Å²) in [6, 6.07) is 0. The molecule has 1 fully saturated rings. The number of rotatable bonds is 3. The Morgan fingerprint density at radius 2 is 2.30 bits per heavy atom. The molecule has 0 spiro atoms. The van der Waals surface area contributed by atoms with Crippen molar-refractivity contribution < 1.29 is 19.3 Å². The molecule has 1 saturated heterocycles. The summed E-state index contributed by atoms with van der Waals surface area (Å²) < 4.78 is 19.4. The SMILES string of the molecule is [N-]=[N+]=Nc1c(F)c(=O)[nH]c(=O)n1[C@H]1C[C@H](O)[C@@H](CO)O1. The van der Waals surface area contributed by atoms with E-state index in [-0.39, 0.29) is 6.42 Å². The first-order valence-electron chi connectivity index (χ1n) is 5.53. The standard InChI is InChI=1S/C9H10FN5O5/c10-6-7(13-14-11)15(9(19)12-8(6)18)5-1-3(17)4(2-16)20-5/h3-5,16-17H,1-2H2,(H,12,18,19)/t3-,4+,5+/m0/s1. The zero-order valence-corrected chi connectivity index (χ0v) is 9.93. The number of nitrogens with zero attached hydrogens (tertiary/aromatic N) is 4. The number of H-pyrrole nitrogens is 1. The van der Waals surface area contributed by atoms with Crippen molar-refractivity contribution in [2.24, 2.45) is 5.11 Å². The molecule has 108 valence electrons. The minimum absolute atomic E-state index is 0.134. The van der Waals surface area contributed by atoms with Crippen LogP contribution in [-0.2, 0) is 4.74 Å². The molecule has 0 unspecified atom stereocenters. The fraction of sp³-hybridized carbons (Fsp3) is 0.556. The number of azide groups is 1. The number of aliphatic hydroxyl groups excluding tert-OH is 2. The molecule has 3 atom stereocenters. The van der Waals surface area contributed by atoms with E-state index < -0.39 is 47.9 Å². The minimum atomic E-state index is -1.44. The summed E-state index contributed by atoms with van der Waals surface area (Å²) in [4.78, 5) is 26.9. The zero-order chi connectivity index (χ0) is 14.9. The van der Waals surface area contributed by atoms with Gasteiger partial charge in [-0.2, -0.15) is 4.39 Å². The third-order valence-electron chi connectivity index (χ3n) is 2.87. The lowest BCUT2D eigenvalue weighted by molar-refractivity contribution is -0.0455. The average Bonchev–Trinajstić information content (AvgIpc) is 2.76. The number of aliphatic hydroxyl groups is 2. The van der Waals surface area contributed by atoms with Crippen molar-refractivity contribution in [2.75, 3.05) is 6.61 Å². The average molecular weight is 287 g/mol. The van der Waals surface area contributed by atoms with Gasteiger partial charge in [0.15, 0.2) is 5.82 Å². The molecular formula is C9H10FN5O5. The second-order valence-corrected chi connectivity index (χ2v) is 4.07. The first kappa shape index (κ1) is 14.2. The van der Waals surface area contributed by atoms with Gasteiger partial charge in [0, 0.05) is 11.3 Å². The fourth-order valence-electron chi connectivity index (χ4n) is 1.95. The molecule has 0 aromatic carbocycles. The van der Waals surface area contributed by atoms with Crippen molar-refractivity contribution >= 4 is 5.82 Å². The molecule has 1 aromatic heterocycles. The molecule has 1 aliphatic rings. The minimum Gasteiger partial charge on any atom is -0.394 e. The quantitative estimate of drug-likeness (QED) is 0.379. The van der Waals surface area contributed by atoms with Gasteiger partial charge in [0.1, 0.15) is 12.3 Å². The Labute approximate surface area is 109 Å². The Balaban J connectivity index is 2.57. The van der Waals surface area contributed by atoms with E-state index in [2.05, 4.69) is 10.0 Å². The highest BCUT2D eigenvalue weighted by atomic mass is 19.1. The van der Waals surface area contributed by atoms with Gasteiger partial charge >= 0.3 is 5.69 Å². The second kappa shape index (κ2) is 5.43. The van der Waals surface area contributed by atoms with E-state index in [0.717, 1.165) is 0 Å². The zero-order valence-electron chi connectivity index (χ0n) is 9.93. The number of hydrogen-bond donors (Lipinski definition) is 3. The van der Waals surface area contributed by atoms with Crippen LogP contribution < -0.4 is 11.2 Å². The van der Waals surface area contributed by atoms with Crippen molar-refractivity contribution in [3.8, 4) is 0 Å². The first-order chi connectivity index (χ1) is 9.49. The lowest BCUT2D eigenvalue weighted by atomic mass is 10.2. The van der Waals surface area contributed by atoms with Gasteiger partial charge in [-0.05, 0) is 10.6 Å². The summed E-state index contributed by atoms with van der Waals surface area (Å²) in [7, 11) is 0. The monoisotopic (exact) mass is 287 g/mol. The van der Waals surface area contributed by atoms with Crippen molar-refractivity contribution in [3.63, 3.8) is 0 Å². The Kier molecular flexibility index (Phi) is 3.86. The van der Waals surface area contributed by atoms with Crippen LogP contribution in [0.2, 0.25) is 0 Å². The van der Waals surface area contributed by atoms with Crippen LogP contribution in [0.1, 0.15) is 12.6 Å². The summed E-state index contributed by atoms with van der Waals surface area (Å²) in [5.74, 6) is -2.27. The van der Waals surface area contributed by atoms with Gasteiger partial charge in [0.25, 0.3) is 5.56 Å². The summed E-state index contributed by atoms with van der Waals surface area (Å²) in [5, 5.41) is 21.5. The Bertz CT molecular complexity index is 678. The van der Waals surface area contributed by atoms with E-state index >= 15 is 0 Å². The van der Waals surface area contributed by atoms with E-state index in [4.69, 9.17) is 15.4 Å². The summed E-state index contributed by atoms with van der Waals surface area (Å²) in [6.07, 6.45) is -3.34. The highest BCUT2D eigenvalue weighted by Crippen LogP contribution is 2.30. The molecular weight excluding hydrogens is 277 g/mol. The molecule has 2 heterocycles. The number of halogens is 1. The summed E-state index contributed by atoms with van der Waals surface area (Å²) in [5.41, 5.74) is 6.00. The van der Waals surface area contributed by atoms with Gasteiger partial charge in [-0.1, -0.05) is 0 Å². The van der Waals surface area contributed by atoms with Crippen LogP contribution >= 0.6 is 0 Å². The maximum Gasteiger partial charge on any atom is 0.331 e. The molecule has 0 aliphatic carbocycles. The topological polar surface area (TPSA) is 153 Å². The first-order valence-corrected chi connectivity index (χ1v) is 5.53. The fourth-order valence-corrected chi connectivity index (χ4v) is 1.95. The molecule has 3 N–H and O–H groups in total. The molecule has 1 aromatic rings. The highest BCUT2D eigenvalue weighted by molar-refractivity contribution is 5.28. The van der Waals surface area contributed by atoms with Crippen LogP contribution in [0.3, 0.4) is 0 Å². The molecule has 20 heavy (non-hydrogen) atoms. The molecule has 2 rings (SSSR count). The molecule has 11 heteroatoms. The van der Waals surface area contributed by atoms with Crippen LogP contribution in [-0.4, -0.2) is 38.6 Å². The third kappa shape index (κ3) is 2.30. The van der Waals surface area contributed by atoms with E-state index in [1.165, 1.54) is 0 Å². The van der Waals surface area contributed by atoms with Crippen LogP contribution in [0.5, 0.6) is 0 Å². The number of aromatic amines is 1. The summed E-state index contributed by atoms with van der Waals surface area (Å²) in [6.45, 7) is -0.505. The Morgan fingerprint density at radius 1 is 1.60 bits per heavy atom. The maximum absolute atomic E-state index is 13.6. The van der Waals surface area contributed by atoms with E-state index in [0.29, 0.717) is 4.57 Å². The lowest BCUT2D eigenvalue weighted by Crippen LogP contribution is -2.34. The summed E-state index contributed by atoms with van der Waals surface area (Å²) >= 11 is 0. The van der Waals surface area contributed by atoms with Crippen LogP contribution in [0, 0.1) is 5.82 Å². The van der Waals surface area contributed by atoms with Crippen molar-refractivity contribution in [3.05, 3.63) is 37.1 Å². The molecule has 0 amide bonds. The Hall–Kier alpha value is -2.20. The number of aromatic nitrogens is 2. The van der Waals surface area contributed by atoms with Gasteiger partial charge in [-0.25, -0.2) is 4.79 Å². The third-order valence-corrected chi connectivity index (χ3v) is 2.87. The van der Waals surface area contributed by atoms with Gasteiger partial charge in [0.2, 0.25) is 5.82 Å². The molecule has 10 nitrogen and oxygen atoms in total. The maximum atomic E-state index is 13.6. The van der Waals surface area contributed by atoms with Gasteiger partial charge in [-0.3, -0.25) is 14.3 Å². The van der Waals surface area contributed by atoms with Crippen molar-refractivity contribution in [1.29, 1.82) is 0 Å². The molecule has 0 saturated carbocycles. The van der Waals surface area contributed by atoms with Crippen molar-refractivity contribution in [2.45, 2.75) is 24.9 Å². The van der Waals surface area contributed by atoms with Gasteiger partial charge in [-0.15, -0.1) is 0 Å². The highest BCUT2D eigenvalue weighted by Gasteiger charge is 2.36. The number of nitrogens with one attached hydrogen (secondary N) is 1. The van der Waals surface area contributed by atoms with E-state index in [9.17, 15) is 19.1 Å². The molecule has 0 bridgehead atoms. The van der Waals surface area contributed by atoms with E-state index in [1.807, 2.05) is 0 Å². The lowest BCUT2D eigenvalue weighted by Gasteiger charge is -2.16. The number of ether oxygens (including phenoxy) is 1. The second-order valence-electron chi connectivity index (χ2n) is 4.07. The largest absolute Gasteiger partial charge is 0.394 e. The predicted molar refractivity (Wildman–Crippen MR) is 61.7 cm³/mol. The van der Waals surface area contributed by atoms with Crippen LogP contribution in [0.25, 0.3) is 10.4 Å². The van der Waals surface area contributed by atoms with E-state index in [1.54, 1.807) is 4.98 Å². The Morgan fingerprint density at radius 3 is 2.85 bits per heavy atom. The van der Waals surface area contributed by atoms with Gasteiger partial charge < -0.3 is 14.9 Å². The van der Waals surface area contributed by atoms with Crippen LogP contribution in [0.4, 0.5) is 10.2 Å². The van der Waals surface area contributed by atoms with Crippen LogP contribution in [0.15, 0.2) is 14.7 Å². The molecule has 0 radical (unpaired) electrons. The predicted octanol–water partition coefficient (Wildman–Crippen LogP) is -0.742. The normalized spacial score (nSPS) is 25.4. The number of hydrogen-bond acceptors (Lipinski definition) is 6.